The van der Waals surface area contributed by atoms with E-state index in [0.717, 1.165) is 18.4 Å². The number of benzene rings is 1. The van der Waals surface area contributed by atoms with Crippen LogP contribution in [0.15, 0.2) is 24.4 Å². The molecule has 2 saturated carbocycles. The Labute approximate surface area is 171 Å². The SMILES string of the molecule is Cc1c(C(=O)NC2CC2)cccc1-n1ncc(C(=O)NCC2CCCCC2)c1N. The predicted octanol–water partition coefficient (Wildman–Crippen LogP) is 2.97. The van der Waals surface area contributed by atoms with Gasteiger partial charge in [-0.25, -0.2) is 4.68 Å². The summed E-state index contributed by atoms with van der Waals surface area (Å²) in [6, 6.07) is 5.76. The van der Waals surface area contributed by atoms with Gasteiger partial charge in [0, 0.05) is 18.2 Å². The van der Waals surface area contributed by atoms with Gasteiger partial charge in [-0.3, -0.25) is 9.59 Å². The first kappa shape index (κ1) is 19.5. The van der Waals surface area contributed by atoms with Gasteiger partial charge in [0.05, 0.1) is 11.9 Å². The van der Waals surface area contributed by atoms with E-state index in [1.54, 1.807) is 10.7 Å². The van der Waals surface area contributed by atoms with Gasteiger partial charge >= 0.3 is 0 Å². The molecular formula is C22H29N5O2. The molecule has 0 spiro atoms. The molecule has 0 atom stereocenters. The fraction of sp³-hybridized carbons (Fsp3) is 0.500. The lowest BCUT2D eigenvalue weighted by atomic mass is 9.89. The average molecular weight is 396 g/mol. The maximum atomic E-state index is 12.6. The Hall–Kier alpha value is -2.83. The van der Waals surface area contributed by atoms with Crippen molar-refractivity contribution in [3.05, 3.63) is 41.1 Å². The van der Waals surface area contributed by atoms with E-state index in [0.29, 0.717) is 35.3 Å². The van der Waals surface area contributed by atoms with Crippen LogP contribution < -0.4 is 16.4 Å². The van der Waals surface area contributed by atoms with E-state index in [1.807, 2.05) is 19.1 Å². The van der Waals surface area contributed by atoms with Crippen LogP contribution in [0.5, 0.6) is 0 Å². The molecule has 7 heteroatoms. The largest absolute Gasteiger partial charge is 0.383 e. The van der Waals surface area contributed by atoms with E-state index in [-0.39, 0.29) is 17.6 Å². The Balaban J connectivity index is 1.50. The molecule has 4 N–H and O–H groups in total. The van der Waals surface area contributed by atoms with Gasteiger partial charge in [0.1, 0.15) is 11.4 Å². The van der Waals surface area contributed by atoms with Gasteiger partial charge in [-0.15, -0.1) is 0 Å². The summed E-state index contributed by atoms with van der Waals surface area (Å²) in [6.45, 7) is 2.56. The molecule has 0 radical (unpaired) electrons. The molecule has 0 saturated heterocycles. The van der Waals surface area contributed by atoms with E-state index in [9.17, 15) is 9.59 Å². The van der Waals surface area contributed by atoms with Gasteiger partial charge in [-0.1, -0.05) is 25.3 Å². The second-order valence-corrected chi connectivity index (χ2v) is 8.27. The lowest BCUT2D eigenvalue weighted by Gasteiger charge is -2.21. The van der Waals surface area contributed by atoms with Crippen LogP contribution in [0.4, 0.5) is 5.82 Å². The minimum atomic E-state index is -0.195. The smallest absolute Gasteiger partial charge is 0.256 e. The van der Waals surface area contributed by atoms with Crippen LogP contribution in [0.2, 0.25) is 0 Å². The van der Waals surface area contributed by atoms with Crippen molar-refractivity contribution in [2.24, 2.45) is 5.92 Å². The fourth-order valence-corrected chi connectivity index (χ4v) is 4.04. The number of rotatable bonds is 6. The summed E-state index contributed by atoms with van der Waals surface area (Å²) in [6.07, 6.45) is 9.69. The third-order valence-corrected chi connectivity index (χ3v) is 6.02. The Morgan fingerprint density at radius 3 is 2.59 bits per heavy atom. The Morgan fingerprint density at radius 2 is 1.86 bits per heavy atom. The Kier molecular flexibility index (Phi) is 5.56. The highest BCUT2D eigenvalue weighted by atomic mass is 16.2. The van der Waals surface area contributed by atoms with E-state index in [2.05, 4.69) is 15.7 Å². The summed E-state index contributed by atoms with van der Waals surface area (Å²) in [4.78, 5) is 25.1. The number of amides is 2. The van der Waals surface area contributed by atoms with Crippen LogP contribution in [0.3, 0.4) is 0 Å². The number of anilines is 1. The van der Waals surface area contributed by atoms with Crippen molar-refractivity contribution in [3.8, 4) is 5.69 Å². The molecule has 0 aliphatic heterocycles. The lowest BCUT2D eigenvalue weighted by molar-refractivity contribution is 0.0938. The third-order valence-electron chi connectivity index (χ3n) is 6.02. The summed E-state index contributed by atoms with van der Waals surface area (Å²) in [5, 5.41) is 10.4. The van der Waals surface area contributed by atoms with Gasteiger partial charge in [0.25, 0.3) is 11.8 Å². The van der Waals surface area contributed by atoms with Gasteiger partial charge in [-0.2, -0.15) is 5.10 Å². The number of hydrogen-bond donors (Lipinski definition) is 3. The van der Waals surface area contributed by atoms with Crippen molar-refractivity contribution in [2.75, 3.05) is 12.3 Å². The van der Waals surface area contributed by atoms with Gasteiger partial charge < -0.3 is 16.4 Å². The normalized spacial score (nSPS) is 17.1. The van der Waals surface area contributed by atoms with E-state index >= 15 is 0 Å². The van der Waals surface area contributed by atoms with Crippen molar-refractivity contribution >= 4 is 17.6 Å². The van der Waals surface area contributed by atoms with Gasteiger partial charge in [0.2, 0.25) is 0 Å². The van der Waals surface area contributed by atoms with E-state index in [4.69, 9.17) is 5.73 Å². The molecule has 2 fully saturated rings. The molecule has 4 rings (SSSR count). The zero-order chi connectivity index (χ0) is 20.4. The number of nitrogens with two attached hydrogens (primary N) is 1. The number of aromatic nitrogens is 2. The van der Waals surface area contributed by atoms with Gasteiger partial charge in [0.15, 0.2) is 0 Å². The molecule has 2 amide bonds. The van der Waals surface area contributed by atoms with Crippen molar-refractivity contribution < 1.29 is 9.59 Å². The molecule has 2 aromatic rings. The van der Waals surface area contributed by atoms with Crippen LogP contribution in [-0.2, 0) is 0 Å². The Bertz CT molecular complexity index is 910. The first-order valence-electron chi connectivity index (χ1n) is 10.6. The third kappa shape index (κ3) is 4.28. The zero-order valence-corrected chi connectivity index (χ0v) is 16.9. The van der Waals surface area contributed by atoms with Crippen molar-refractivity contribution in [3.63, 3.8) is 0 Å². The van der Waals surface area contributed by atoms with E-state index < -0.39 is 0 Å². The number of carbonyl (C=O) groups is 2. The highest BCUT2D eigenvalue weighted by Crippen LogP contribution is 2.25. The highest BCUT2D eigenvalue weighted by molar-refractivity contribution is 5.99. The molecule has 1 heterocycles. The van der Waals surface area contributed by atoms with Crippen LogP contribution >= 0.6 is 0 Å². The number of nitrogens with one attached hydrogen (secondary N) is 2. The van der Waals surface area contributed by atoms with Crippen molar-refractivity contribution in [1.29, 1.82) is 0 Å². The molecule has 29 heavy (non-hydrogen) atoms. The van der Waals surface area contributed by atoms with Crippen LogP contribution in [-0.4, -0.2) is 34.2 Å². The quantitative estimate of drug-likeness (QED) is 0.700. The molecule has 2 aliphatic rings. The molecule has 1 aromatic carbocycles. The van der Waals surface area contributed by atoms with Crippen LogP contribution in [0, 0.1) is 12.8 Å². The fourth-order valence-electron chi connectivity index (χ4n) is 4.04. The lowest BCUT2D eigenvalue weighted by Crippen LogP contribution is -2.30. The van der Waals surface area contributed by atoms with Crippen LogP contribution in [0.1, 0.15) is 71.2 Å². The monoisotopic (exact) mass is 395 g/mol. The summed E-state index contributed by atoms with van der Waals surface area (Å²) >= 11 is 0. The maximum Gasteiger partial charge on any atom is 0.256 e. The summed E-state index contributed by atoms with van der Waals surface area (Å²) in [5.41, 5.74) is 8.74. The second kappa shape index (κ2) is 8.27. The highest BCUT2D eigenvalue weighted by Gasteiger charge is 2.25. The van der Waals surface area contributed by atoms with Crippen LogP contribution in [0.25, 0.3) is 5.69 Å². The number of hydrogen-bond acceptors (Lipinski definition) is 4. The second-order valence-electron chi connectivity index (χ2n) is 8.27. The van der Waals surface area contributed by atoms with Gasteiger partial charge in [-0.05, 0) is 56.2 Å². The topological polar surface area (TPSA) is 102 Å². The summed E-state index contributed by atoms with van der Waals surface area (Å²) in [7, 11) is 0. The minimum Gasteiger partial charge on any atom is -0.383 e. The predicted molar refractivity (Wildman–Crippen MR) is 112 cm³/mol. The summed E-state index contributed by atoms with van der Waals surface area (Å²) in [5.74, 6) is 0.560. The molecule has 7 nitrogen and oxygen atoms in total. The standard InChI is InChI=1S/C22H29N5O2/c1-14-17(22(29)26-16-10-11-16)8-5-9-19(14)27-20(23)18(13-25-27)21(28)24-12-15-6-3-2-4-7-15/h5,8-9,13,15-16H,2-4,6-7,10-12,23H2,1H3,(H,24,28)(H,26,29). The summed E-state index contributed by atoms with van der Waals surface area (Å²) < 4.78 is 1.54. The maximum absolute atomic E-state index is 12.6. The van der Waals surface area contributed by atoms with E-state index in [1.165, 1.54) is 38.3 Å². The molecular weight excluding hydrogens is 366 g/mol. The average Bonchev–Trinajstić information content (AvgIpc) is 3.46. The van der Waals surface area contributed by atoms with Crippen molar-refractivity contribution in [1.82, 2.24) is 20.4 Å². The molecule has 2 aliphatic carbocycles. The zero-order valence-electron chi connectivity index (χ0n) is 16.9. The minimum absolute atomic E-state index is 0.0805. The first-order valence-corrected chi connectivity index (χ1v) is 10.6. The molecule has 154 valence electrons. The number of nitrogens with zero attached hydrogens (tertiary/aromatic N) is 2. The number of nitrogen functional groups attached to an aromatic ring is 1. The molecule has 0 unspecified atom stereocenters. The molecule has 1 aromatic heterocycles. The molecule has 0 bridgehead atoms. The number of carbonyl (C=O) groups excluding carboxylic acids is 2. The first-order chi connectivity index (χ1) is 14.0. The van der Waals surface area contributed by atoms with Crippen molar-refractivity contribution in [2.45, 2.75) is 57.9 Å². The Morgan fingerprint density at radius 1 is 1.10 bits per heavy atom.